The number of rotatable bonds is 2. The first-order valence-corrected chi connectivity index (χ1v) is 5.23. The molecule has 1 heterocycles. The summed E-state index contributed by atoms with van der Waals surface area (Å²) in [6.07, 6.45) is 0. The Morgan fingerprint density at radius 3 is 1.77 bits per heavy atom. The standard InChI is InChI=1S/C10H23N2.H2O/c1-5-12(6-2)7-9(3)11-10(4)8-12;/h9-11H,5-8H2,1-4H3;1H2/q+1;/p-1. The molecule has 2 atom stereocenters. The summed E-state index contributed by atoms with van der Waals surface area (Å²) in [6, 6.07) is 1.38. The maximum absolute atomic E-state index is 3.59. The van der Waals surface area contributed by atoms with Gasteiger partial charge in [0.1, 0.15) is 0 Å². The summed E-state index contributed by atoms with van der Waals surface area (Å²) in [5.74, 6) is 0. The van der Waals surface area contributed by atoms with Crippen molar-refractivity contribution in [2.24, 2.45) is 0 Å². The lowest BCUT2D eigenvalue weighted by Crippen LogP contribution is -2.64. The highest BCUT2D eigenvalue weighted by molar-refractivity contribution is 4.73. The summed E-state index contributed by atoms with van der Waals surface area (Å²) < 4.78 is 1.30. The van der Waals surface area contributed by atoms with Crippen molar-refractivity contribution in [1.29, 1.82) is 0 Å². The second-order valence-corrected chi connectivity index (χ2v) is 4.31. The monoisotopic (exact) mass is 188 g/mol. The topological polar surface area (TPSA) is 42.0 Å². The van der Waals surface area contributed by atoms with Crippen LogP contribution in [-0.4, -0.2) is 48.2 Å². The largest absolute Gasteiger partial charge is 0.870 e. The summed E-state index contributed by atoms with van der Waals surface area (Å²) in [6.45, 7) is 14.4. The third-order valence-corrected chi connectivity index (χ3v) is 3.23. The Morgan fingerprint density at radius 1 is 1.08 bits per heavy atom. The molecule has 0 aliphatic carbocycles. The molecule has 0 aromatic heterocycles. The van der Waals surface area contributed by atoms with Gasteiger partial charge >= 0.3 is 0 Å². The van der Waals surface area contributed by atoms with E-state index in [9.17, 15) is 0 Å². The Labute approximate surface area is 82.0 Å². The zero-order chi connectivity index (χ0) is 9.19. The molecule has 13 heavy (non-hydrogen) atoms. The van der Waals surface area contributed by atoms with Crippen molar-refractivity contribution in [3.05, 3.63) is 0 Å². The SMILES string of the molecule is CC[N+]1(CC)CC(C)NC(C)C1.[OH-]. The maximum Gasteiger partial charge on any atom is 0.0940 e. The minimum atomic E-state index is 0. The minimum Gasteiger partial charge on any atom is -0.870 e. The predicted octanol–water partition coefficient (Wildman–Crippen LogP) is 1.05. The molecule has 0 amide bonds. The van der Waals surface area contributed by atoms with Gasteiger partial charge in [-0.2, -0.15) is 0 Å². The van der Waals surface area contributed by atoms with Crippen LogP contribution in [0.1, 0.15) is 27.7 Å². The third-order valence-electron chi connectivity index (χ3n) is 3.23. The van der Waals surface area contributed by atoms with E-state index >= 15 is 0 Å². The number of piperazine rings is 1. The average Bonchev–Trinajstić information content (AvgIpc) is 2.02. The van der Waals surface area contributed by atoms with Crippen LogP contribution in [0, 0.1) is 0 Å². The van der Waals surface area contributed by atoms with E-state index < -0.39 is 0 Å². The van der Waals surface area contributed by atoms with Crippen molar-refractivity contribution in [3.63, 3.8) is 0 Å². The molecule has 2 unspecified atom stereocenters. The molecule has 1 saturated heterocycles. The first kappa shape index (κ1) is 12.9. The number of likely N-dealkylation sites (N-methyl/N-ethyl adjacent to an activating group) is 1. The van der Waals surface area contributed by atoms with Gasteiger partial charge in [-0.1, -0.05) is 0 Å². The van der Waals surface area contributed by atoms with Gasteiger partial charge in [-0.05, 0) is 27.7 Å². The van der Waals surface area contributed by atoms with Gasteiger partial charge in [0.15, 0.2) is 0 Å². The van der Waals surface area contributed by atoms with Gasteiger partial charge in [-0.3, -0.25) is 0 Å². The number of hydrogen-bond donors (Lipinski definition) is 1. The summed E-state index contributed by atoms with van der Waals surface area (Å²) in [5.41, 5.74) is 0. The van der Waals surface area contributed by atoms with E-state index in [2.05, 4.69) is 33.0 Å². The molecule has 0 spiro atoms. The van der Waals surface area contributed by atoms with Crippen molar-refractivity contribution in [3.8, 4) is 0 Å². The van der Waals surface area contributed by atoms with Crippen molar-refractivity contribution in [2.75, 3.05) is 26.2 Å². The molecule has 3 nitrogen and oxygen atoms in total. The van der Waals surface area contributed by atoms with E-state index in [1.165, 1.54) is 30.7 Å². The lowest BCUT2D eigenvalue weighted by molar-refractivity contribution is -0.931. The van der Waals surface area contributed by atoms with E-state index in [0.29, 0.717) is 12.1 Å². The van der Waals surface area contributed by atoms with Crippen LogP contribution < -0.4 is 5.32 Å². The Kier molecular flexibility index (Phi) is 4.89. The zero-order valence-corrected chi connectivity index (χ0v) is 9.38. The molecule has 0 bridgehead atoms. The Balaban J connectivity index is 0.00000144. The highest BCUT2D eigenvalue weighted by atomic mass is 16.0. The van der Waals surface area contributed by atoms with Crippen molar-refractivity contribution >= 4 is 0 Å². The normalized spacial score (nSPS) is 32.3. The predicted molar refractivity (Wildman–Crippen MR) is 55.1 cm³/mol. The molecule has 0 radical (unpaired) electrons. The number of quaternary nitrogens is 1. The lowest BCUT2D eigenvalue weighted by atomic mass is 10.1. The molecule has 1 aliphatic rings. The number of nitrogens with one attached hydrogen (secondary N) is 1. The Morgan fingerprint density at radius 2 is 1.46 bits per heavy atom. The van der Waals surface area contributed by atoms with E-state index in [-0.39, 0.29) is 5.48 Å². The van der Waals surface area contributed by atoms with Crippen LogP contribution in [0.4, 0.5) is 0 Å². The number of hydrogen-bond acceptors (Lipinski definition) is 2. The second-order valence-electron chi connectivity index (χ2n) is 4.31. The van der Waals surface area contributed by atoms with Gasteiger partial charge in [0.05, 0.1) is 38.3 Å². The summed E-state index contributed by atoms with van der Waals surface area (Å²) in [7, 11) is 0. The van der Waals surface area contributed by atoms with Crippen LogP contribution in [0.5, 0.6) is 0 Å². The molecule has 3 heteroatoms. The maximum atomic E-state index is 3.59. The summed E-state index contributed by atoms with van der Waals surface area (Å²) in [4.78, 5) is 0. The fourth-order valence-electron chi connectivity index (χ4n) is 2.57. The molecular formula is C10H24N2O. The smallest absolute Gasteiger partial charge is 0.0940 e. The van der Waals surface area contributed by atoms with E-state index in [1.807, 2.05) is 0 Å². The van der Waals surface area contributed by atoms with E-state index in [0.717, 1.165) is 0 Å². The fraction of sp³-hybridized carbons (Fsp3) is 1.00. The molecule has 1 rings (SSSR count). The molecule has 0 aromatic carbocycles. The molecule has 0 aromatic rings. The first-order valence-electron chi connectivity index (χ1n) is 5.23. The molecule has 1 aliphatic heterocycles. The Hall–Kier alpha value is -0.120. The van der Waals surface area contributed by atoms with Crippen molar-refractivity contribution in [1.82, 2.24) is 5.32 Å². The van der Waals surface area contributed by atoms with E-state index in [4.69, 9.17) is 0 Å². The molecular weight excluding hydrogens is 164 g/mol. The third kappa shape index (κ3) is 2.93. The quantitative estimate of drug-likeness (QED) is 0.658. The first-order chi connectivity index (χ1) is 5.62. The van der Waals surface area contributed by atoms with Crippen LogP contribution in [0.2, 0.25) is 0 Å². The molecule has 80 valence electrons. The van der Waals surface area contributed by atoms with Gasteiger partial charge in [0.2, 0.25) is 0 Å². The van der Waals surface area contributed by atoms with Gasteiger partial charge in [-0.25, -0.2) is 0 Å². The van der Waals surface area contributed by atoms with Crippen LogP contribution in [0.15, 0.2) is 0 Å². The van der Waals surface area contributed by atoms with Gasteiger partial charge in [0.25, 0.3) is 0 Å². The van der Waals surface area contributed by atoms with Crippen molar-refractivity contribution in [2.45, 2.75) is 39.8 Å². The second kappa shape index (κ2) is 4.94. The van der Waals surface area contributed by atoms with Crippen LogP contribution in [-0.2, 0) is 0 Å². The molecule has 0 saturated carbocycles. The van der Waals surface area contributed by atoms with Crippen LogP contribution in [0.3, 0.4) is 0 Å². The zero-order valence-electron chi connectivity index (χ0n) is 9.38. The van der Waals surface area contributed by atoms with Crippen LogP contribution >= 0.6 is 0 Å². The highest BCUT2D eigenvalue weighted by Gasteiger charge is 2.33. The summed E-state index contributed by atoms with van der Waals surface area (Å²) >= 11 is 0. The molecule has 1 fully saturated rings. The van der Waals surface area contributed by atoms with Gasteiger partial charge in [-0.15, -0.1) is 0 Å². The van der Waals surface area contributed by atoms with Gasteiger partial charge in [0, 0.05) is 0 Å². The van der Waals surface area contributed by atoms with E-state index in [1.54, 1.807) is 0 Å². The average molecular weight is 188 g/mol. The number of nitrogens with zero attached hydrogens (tertiary/aromatic N) is 1. The lowest BCUT2D eigenvalue weighted by Gasteiger charge is -2.45. The fourth-order valence-corrected chi connectivity index (χ4v) is 2.57. The highest BCUT2D eigenvalue weighted by Crippen LogP contribution is 2.14. The van der Waals surface area contributed by atoms with Crippen LogP contribution in [0.25, 0.3) is 0 Å². The van der Waals surface area contributed by atoms with Crippen molar-refractivity contribution < 1.29 is 9.96 Å². The minimum absolute atomic E-state index is 0. The summed E-state index contributed by atoms with van der Waals surface area (Å²) in [5, 5.41) is 3.59. The Bertz CT molecular complexity index is 134. The molecule has 2 N–H and O–H groups in total. The van der Waals surface area contributed by atoms with Gasteiger partial charge < -0.3 is 15.3 Å².